The number of carbonyl (C=O) groups is 5. The van der Waals surface area contributed by atoms with Crippen molar-refractivity contribution in [1.29, 1.82) is 5.41 Å². The lowest BCUT2D eigenvalue weighted by Gasteiger charge is -2.61. The van der Waals surface area contributed by atoms with Gasteiger partial charge in [0.2, 0.25) is 23.6 Å². The SMILES string of the molecule is COCCC(=O)N[C@@H](CCCNC(=N)N)C(=O)NCCOCCOCCOCCOCCOCCOCCC(=O)N[C@@H](CC(=O)OC1CC[C@@]2(C)C(CC[C@H]3[C@@H]4CC[C@H]([C@H](C)CCCC(C)C)[C@@]4(C)CC[C@@H]32)C1)C(N)=O. The second kappa shape index (κ2) is 35.1. The van der Waals surface area contributed by atoms with Crippen LogP contribution in [-0.2, 0) is 61.9 Å². The summed E-state index contributed by atoms with van der Waals surface area (Å²) in [6, 6.07) is -1.88. The molecule has 0 saturated heterocycles. The van der Waals surface area contributed by atoms with Gasteiger partial charge in [-0.15, -0.1) is 0 Å². The number of primary amides is 1. The van der Waals surface area contributed by atoms with E-state index in [0.29, 0.717) is 90.2 Å². The first-order valence-corrected chi connectivity index (χ1v) is 28.9. The van der Waals surface area contributed by atoms with Crippen LogP contribution in [0.1, 0.15) is 144 Å². The van der Waals surface area contributed by atoms with Crippen molar-refractivity contribution in [2.75, 3.05) is 106 Å². The molecule has 20 heteroatoms. The number of esters is 1. The maximum Gasteiger partial charge on any atom is 0.308 e. The van der Waals surface area contributed by atoms with Crippen LogP contribution in [0.3, 0.4) is 0 Å². The molecule has 0 aromatic carbocycles. The average molecular weight is 1080 g/mol. The number of guanidine groups is 1. The monoisotopic (exact) mass is 1080 g/mol. The van der Waals surface area contributed by atoms with Crippen molar-refractivity contribution in [3.8, 4) is 0 Å². The Morgan fingerprint density at radius 2 is 1.17 bits per heavy atom. The van der Waals surface area contributed by atoms with Crippen LogP contribution in [0.25, 0.3) is 0 Å². The number of ether oxygens (including phenoxy) is 8. The second-order valence-corrected chi connectivity index (χ2v) is 22.9. The van der Waals surface area contributed by atoms with Crippen LogP contribution in [0.15, 0.2) is 0 Å². The van der Waals surface area contributed by atoms with Gasteiger partial charge in [-0.1, -0.05) is 53.9 Å². The number of amides is 4. The van der Waals surface area contributed by atoms with Crippen LogP contribution < -0.4 is 32.7 Å². The van der Waals surface area contributed by atoms with Gasteiger partial charge in [-0.05, 0) is 123 Å². The van der Waals surface area contributed by atoms with Gasteiger partial charge in [0.15, 0.2) is 5.96 Å². The molecule has 4 fully saturated rings. The van der Waals surface area contributed by atoms with Crippen molar-refractivity contribution in [3.63, 3.8) is 0 Å². The molecule has 0 radical (unpaired) electrons. The molecule has 0 spiro atoms. The third-order valence-electron chi connectivity index (χ3n) is 17.2. The number of hydrogen-bond donors (Lipinski definition) is 7. The van der Waals surface area contributed by atoms with Crippen molar-refractivity contribution in [2.45, 2.75) is 162 Å². The van der Waals surface area contributed by atoms with Crippen molar-refractivity contribution < 1.29 is 61.9 Å². The van der Waals surface area contributed by atoms with E-state index in [2.05, 4.69) is 55.9 Å². The minimum Gasteiger partial charge on any atom is -0.462 e. The summed E-state index contributed by atoms with van der Waals surface area (Å²) in [4.78, 5) is 63.0. The summed E-state index contributed by atoms with van der Waals surface area (Å²) >= 11 is 0. The fourth-order valence-corrected chi connectivity index (χ4v) is 13.2. The summed E-state index contributed by atoms with van der Waals surface area (Å²) in [6.45, 7) is 17.3. The van der Waals surface area contributed by atoms with E-state index in [-0.39, 0.29) is 81.5 Å². The zero-order valence-electron chi connectivity index (χ0n) is 47.4. The molecule has 4 aliphatic carbocycles. The molecule has 0 aromatic rings. The van der Waals surface area contributed by atoms with Crippen LogP contribution in [0.4, 0.5) is 0 Å². The number of fused-ring (bicyclic) bond motifs is 5. The lowest BCUT2D eigenvalue weighted by molar-refractivity contribution is -0.163. The fourth-order valence-electron chi connectivity index (χ4n) is 13.2. The van der Waals surface area contributed by atoms with Gasteiger partial charge < -0.3 is 70.6 Å². The largest absolute Gasteiger partial charge is 0.462 e. The number of carbonyl (C=O) groups excluding carboxylic acids is 5. The molecular formula is C56H101N7O13. The molecule has 0 aliphatic heterocycles. The van der Waals surface area contributed by atoms with E-state index < -0.39 is 29.9 Å². The number of rotatable bonds is 40. The van der Waals surface area contributed by atoms with Gasteiger partial charge >= 0.3 is 5.97 Å². The Morgan fingerprint density at radius 1 is 0.605 bits per heavy atom. The van der Waals surface area contributed by atoms with Gasteiger partial charge in [-0.25, -0.2) is 0 Å². The lowest BCUT2D eigenvalue weighted by Crippen LogP contribution is -2.54. The Morgan fingerprint density at radius 3 is 1.76 bits per heavy atom. The summed E-state index contributed by atoms with van der Waals surface area (Å²) in [5, 5.41) is 18.0. The molecule has 76 heavy (non-hydrogen) atoms. The quantitative estimate of drug-likeness (QED) is 0.0188. The number of nitrogens with one attached hydrogen (secondary N) is 5. The number of methoxy groups -OCH3 is 1. The maximum atomic E-state index is 13.2. The average Bonchev–Trinajstić information content (AvgIpc) is 3.74. The molecule has 0 heterocycles. The molecule has 4 aliphatic rings. The molecule has 438 valence electrons. The summed E-state index contributed by atoms with van der Waals surface area (Å²) in [5.74, 6) is 2.84. The van der Waals surface area contributed by atoms with E-state index in [1.807, 2.05) is 0 Å². The summed E-state index contributed by atoms with van der Waals surface area (Å²) in [5.41, 5.74) is 11.7. The van der Waals surface area contributed by atoms with Crippen LogP contribution in [0.5, 0.6) is 0 Å². The van der Waals surface area contributed by atoms with E-state index in [0.717, 1.165) is 54.8 Å². The summed E-state index contributed by atoms with van der Waals surface area (Å²) in [7, 11) is 1.50. The van der Waals surface area contributed by atoms with Crippen molar-refractivity contribution >= 4 is 35.6 Å². The van der Waals surface area contributed by atoms with Crippen molar-refractivity contribution in [1.82, 2.24) is 21.3 Å². The third kappa shape index (κ3) is 22.2. The molecule has 4 saturated carbocycles. The Bertz CT molecular complexity index is 1750. The first-order valence-electron chi connectivity index (χ1n) is 28.9. The second-order valence-electron chi connectivity index (χ2n) is 22.9. The van der Waals surface area contributed by atoms with Gasteiger partial charge in [0.25, 0.3) is 0 Å². The summed E-state index contributed by atoms with van der Waals surface area (Å²) in [6.07, 6.45) is 15.3. The zero-order valence-corrected chi connectivity index (χ0v) is 47.4. The first-order chi connectivity index (χ1) is 36.5. The normalized spacial score (nSPS) is 26.0. The Hall–Kier alpha value is -3.66. The lowest BCUT2D eigenvalue weighted by atomic mass is 9.44. The highest BCUT2D eigenvalue weighted by Crippen LogP contribution is 2.68. The maximum absolute atomic E-state index is 13.2. The van der Waals surface area contributed by atoms with E-state index >= 15 is 0 Å². The third-order valence-corrected chi connectivity index (χ3v) is 17.2. The molecule has 9 N–H and O–H groups in total. The van der Waals surface area contributed by atoms with Crippen LogP contribution in [0.2, 0.25) is 0 Å². The fraction of sp³-hybridized carbons (Fsp3) is 0.893. The Labute approximate surface area is 454 Å². The van der Waals surface area contributed by atoms with Gasteiger partial charge in [0, 0.05) is 33.0 Å². The molecule has 0 aromatic heterocycles. The van der Waals surface area contributed by atoms with Gasteiger partial charge in [-0.3, -0.25) is 29.4 Å². The topological polar surface area (TPSA) is 283 Å². The van der Waals surface area contributed by atoms with Gasteiger partial charge in [0.05, 0.1) is 92.3 Å². The van der Waals surface area contributed by atoms with Crippen LogP contribution in [-0.4, -0.2) is 160 Å². The number of nitrogens with two attached hydrogens (primary N) is 2. The molecular weight excluding hydrogens is 979 g/mol. The van der Waals surface area contributed by atoms with Crippen LogP contribution in [0, 0.1) is 57.7 Å². The Kier molecular flexibility index (Phi) is 29.9. The highest BCUT2D eigenvalue weighted by molar-refractivity contribution is 5.90. The predicted molar refractivity (Wildman–Crippen MR) is 289 cm³/mol. The standard InChI is InChI=1S/C56H101N7O13/c1-39(2)9-7-10-40(3)44-14-15-45-43-13-12-41-37-42(16-20-55(41,4)46(43)17-21-56(44,45)5)76-51(66)38-48(52(57)67)63-50(65)19-25-70-27-29-72-31-33-74-35-36-75-34-32-73-30-28-71-26-23-60-53(68)47(11-8-22-61-54(58)59)62-49(64)18-24-69-6/h39-48H,7-38H2,1-6H3,(H2,57,67)(H,60,68)(H,62,64)(H,63,65)(H4,58,59,61)/t40-,41?,42?,43+,44-,45+,46+,47+,48+,55+,56-/m1/s1. The minimum atomic E-state index is -1.15. The highest BCUT2D eigenvalue weighted by Gasteiger charge is 2.60. The van der Waals surface area contributed by atoms with Gasteiger partial charge in [-0.2, -0.15) is 0 Å². The van der Waals surface area contributed by atoms with E-state index in [1.165, 1.54) is 64.9 Å². The molecule has 4 amide bonds. The zero-order chi connectivity index (χ0) is 55.4. The van der Waals surface area contributed by atoms with E-state index in [9.17, 15) is 24.0 Å². The van der Waals surface area contributed by atoms with Crippen LogP contribution >= 0.6 is 0 Å². The molecule has 4 rings (SSSR count). The van der Waals surface area contributed by atoms with Crippen molar-refractivity contribution in [2.24, 2.45) is 63.7 Å². The molecule has 0 bridgehead atoms. The Balaban J connectivity index is 0.954. The van der Waals surface area contributed by atoms with E-state index in [4.69, 9.17) is 54.8 Å². The number of hydrogen-bond acceptors (Lipinski definition) is 14. The molecule has 11 atom stereocenters. The minimum absolute atomic E-state index is 0.00316. The predicted octanol–water partition coefficient (Wildman–Crippen LogP) is 4.77. The summed E-state index contributed by atoms with van der Waals surface area (Å²) < 4.78 is 44.1. The van der Waals surface area contributed by atoms with E-state index in [1.54, 1.807) is 0 Å². The smallest absolute Gasteiger partial charge is 0.308 e. The van der Waals surface area contributed by atoms with Gasteiger partial charge in [0.1, 0.15) is 18.2 Å². The first kappa shape index (κ1) is 64.9. The van der Waals surface area contributed by atoms with Crippen molar-refractivity contribution in [3.05, 3.63) is 0 Å². The highest BCUT2D eigenvalue weighted by atomic mass is 16.6. The molecule has 2 unspecified atom stereocenters. The molecule has 20 nitrogen and oxygen atoms in total.